The molecule has 3 rings (SSSR count). The SMILES string of the molecule is Cc1cc2c(c(-c3noc(CN)n3)c1)OCCO2. The quantitative estimate of drug-likeness (QED) is 0.860. The summed E-state index contributed by atoms with van der Waals surface area (Å²) in [5.74, 6) is 2.25. The van der Waals surface area contributed by atoms with Crippen LogP contribution in [0.5, 0.6) is 11.5 Å². The summed E-state index contributed by atoms with van der Waals surface area (Å²) in [6.07, 6.45) is 0. The molecule has 0 atom stereocenters. The second kappa shape index (κ2) is 4.30. The zero-order valence-corrected chi connectivity index (χ0v) is 9.97. The topological polar surface area (TPSA) is 83.4 Å². The Balaban J connectivity index is 2.12. The predicted molar refractivity (Wildman–Crippen MR) is 63.4 cm³/mol. The lowest BCUT2D eigenvalue weighted by Gasteiger charge is -2.20. The van der Waals surface area contributed by atoms with Crippen LogP contribution in [0.25, 0.3) is 11.4 Å². The number of nitrogens with zero attached hydrogens (tertiary/aromatic N) is 2. The summed E-state index contributed by atoms with van der Waals surface area (Å²) in [6.45, 7) is 3.27. The molecule has 6 heteroatoms. The first kappa shape index (κ1) is 11.0. The second-order valence-electron chi connectivity index (χ2n) is 4.05. The average molecular weight is 247 g/mol. The van der Waals surface area contributed by atoms with E-state index in [2.05, 4.69) is 10.1 Å². The monoisotopic (exact) mass is 247 g/mol. The highest BCUT2D eigenvalue weighted by Gasteiger charge is 2.21. The van der Waals surface area contributed by atoms with Gasteiger partial charge in [-0.2, -0.15) is 4.98 Å². The molecule has 0 aliphatic carbocycles. The fourth-order valence-corrected chi connectivity index (χ4v) is 1.90. The zero-order valence-electron chi connectivity index (χ0n) is 9.97. The smallest absolute Gasteiger partial charge is 0.240 e. The first-order valence-corrected chi connectivity index (χ1v) is 5.71. The van der Waals surface area contributed by atoms with E-state index in [-0.39, 0.29) is 6.54 Å². The van der Waals surface area contributed by atoms with Crippen molar-refractivity contribution < 1.29 is 14.0 Å². The fraction of sp³-hybridized carbons (Fsp3) is 0.333. The van der Waals surface area contributed by atoms with E-state index in [9.17, 15) is 0 Å². The summed E-state index contributed by atoms with van der Waals surface area (Å²) in [4.78, 5) is 4.21. The van der Waals surface area contributed by atoms with Crippen LogP contribution >= 0.6 is 0 Å². The predicted octanol–water partition coefficient (Wildman–Crippen LogP) is 1.27. The van der Waals surface area contributed by atoms with Crippen molar-refractivity contribution in [2.45, 2.75) is 13.5 Å². The van der Waals surface area contributed by atoms with Gasteiger partial charge in [-0.05, 0) is 24.6 Å². The summed E-state index contributed by atoms with van der Waals surface area (Å²) < 4.78 is 16.2. The molecule has 0 fully saturated rings. The van der Waals surface area contributed by atoms with Crippen LogP contribution in [-0.4, -0.2) is 23.4 Å². The van der Waals surface area contributed by atoms with Gasteiger partial charge in [-0.15, -0.1) is 0 Å². The Kier molecular flexibility index (Phi) is 2.64. The number of hydrogen-bond acceptors (Lipinski definition) is 6. The number of aryl methyl sites for hydroxylation is 1. The van der Waals surface area contributed by atoms with Crippen LogP contribution in [0.1, 0.15) is 11.5 Å². The molecule has 0 saturated carbocycles. The molecule has 0 bridgehead atoms. The standard InChI is InChI=1S/C12H13N3O3/c1-7-4-8(12-14-10(6-13)18-15-12)11-9(5-7)16-2-3-17-11/h4-5H,2-3,6,13H2,1H3. The lowest BCUT2D eigenvalue weighted by atomic mass is 10.1. The van der Waals surface area contributed by atoms with Gasteiger partial charge in [0.05, 0.1) is 12.1 Å². The summed E-state index contributed by atoms with van der Waals surface area (Å²) in [6, 6.07) is 3.88. The minimum absolute atomic E-state index is 0.221. The van der Waals surface area contributed by atoms with Crippen LogP contribution in [0, 0.1) is 6.92 Å². The lowest BCUT2D eigenvalue weighted by Crippen LogP contribution is -2.16. The minimum atomic E-state index is 0.221. The third-order valence-corrected chi connectivity index (χ3v) is 2.67. The highest BCUT2D eigenvalue weighted by molar-refractivity contribution is 5.70. The maximum absolute atomic E-state index is 5.63. The number of benzene rings is 1. The largest absolute Gasteiger partial charge is 0.486 e. The summed E-state index contributed by atoms with van der Waals surface area (Å²) in [5, 5.41) is 3.90. The number of nitrogens with two attached hydrogens (primary N) is 1. The van der Waals surface area contributed by atoms with Crippen molar-refractivity contribution >= 4 is 0 Å². The van der Waals surface area contributed by atoms with Crippen LogP contribution in [0.4, 0.5) is 0 Å². The number of rotatable bonds is 2. The van der Waals surface area contributed by atoms with Crippen LogP contribution in [0.15, 0.2) is 16.7 Å². The van der Waals surface area contributed by atoms with Gasteiger partial charge in [0.15, 0.2) is 11.5 Å². The number of aromatic nitrogens is 2. The van der Waals surface area contributed by atoms with E-state index in [4.69, 9.17) is 19.7 Å². The molecule has 2 N–H and O–H groups in total. The molecule has 0 saturated heterocycles. The molecule has 1 aliphatic heterocycles. The Hall–Kier alpha value is -2.08. The van der Waals surface area contributed by atoms with Gasteiger partial charge in [-0.25, -0.2) is 0 Å². The normalized spacial score (nSPS) is 13.7. The molecule has 2 heterocycles. The highest BCUT2D eigenvalue weighted by atomic mass is 16.6. The van der Waals surface area contributed by atoms with Gasteiger partial charge in [-0.1, -0.05) is 5.16 Å². The maximum atomic E-state index is 5.63. The average Bonchev–Trinajstić information content (AvgIpc) is 2.86. The molecule has 1 aromatic carbocycles. The van der Waals surface area contributed by atoms with Crippen LogP contribution < -0.4 is 15.2 Å². The molecule has 0 amide bonds. The third kappa shape index (κ3) is 1.80. The molecule has 18 heavy (non-hydrogen) atoms. The molecule has 94 valence electrons. The fourth-order valence-electron chi connectivity index (χ4n) is 1.90. The van der Waals surface area contributed by atoms with Crippen LogP contribution in [-0.2, 0) is 6.54 Å². The van der Waals surface area contributed by atoms with Gasteiger partial charge >= 0.3 is 0 Å². The highest BCUT2D eigenvalue weighted by Crippen LogP contribution is 2.39. The zero-order chi connectivity index (χ0) is 12.5. The second-order valence-corrected chi connectivity index (χ2v) is 4.05. The Morgan fingerprint density at radius 2 is 2.11 bits per heavy atom. The number of fused-ring (bicyclic) bond motifs is 1. The molecule has 1 aliphatic rings. The number of hydrogen-bond donors (Lipinski definition) is 1. The van der Waals surface area contributed by atoms with Crippen molar-refractivity contribution in [3.8, 4) is 22.9 Å². The molecular formula is C12H13N3O3. The Morgan fingerprint density at radius 1 is 1.28 bits per heavy atom. The van der Waals surface area contributed by atoms with Crippen molar-refractivity contribution in [3.63, 3.8) is 0 Å². The van der Waals surface area contributed by atoms with E-state index in [0.717, 1.165) is 16.9 Å². The third-order valence-electron chi connectivity index (χ3n) is 2.67. The molecule has 1 aromatic heterocycles. The van der Waals surface area contributed by atoms with Gasteiger partial charge in [-0.3, -0.25) is 0 Å². The van der Waals surface area contributed by atoms with Gasteiger partial charge in [0, 0.05) is 0 Å². The van der Waals surface area contributed by atoms with Gasteiger partial charge < -0.3 is 19.7 Å². The first-order valence-electron chi connectivity index (χ1n) is 5.71. The van der Waals surface area contributed by atoms with E-state index in [1.54, 1.807) is 0 Å². The van der Waals surface area contributed by atoms with Crippen molar-refractivity contribution in [2.75, 3.05) is 13.2 Å². The van der Waals surface area contributed by atoms with Gasteiger partial charge in [0.1, 0.15) is 13.2 Å². The van der Waals surface area contributed by atoms with E-state index in [1.807, 2.05) is 19.1 Å². The molecule has 0 spiro atoms. The summed E-state index contributed by atoms with van der Waals surface area (Å²) >= 11 is 0. The maximum Gasteiger partial charge on any atom is 0.240 e. The first-order chi connectivity index (χ1) is 8.78. The Labute approximate surface area is 104 Å². The number of ether oxygens (including phenoxy) is 2. The molecule has 0 radical (unpaired) electrons. The van der Waals surface area contributed by atoms with E-state index in [1.165, 1.54) is 0 Å². The van der Waals surface area contributed by atoms with Crippen molar-refractivity contribution in [1.29, 1.82) is 0 Å². The van der Waals surface area contributed by atoms with Gasteiger partial charge in [0.25, 0.3) is 0 Å². The molecule has 2 aromatic rings. The molecule has 6 nitrogen and oxygen atoms in total. The summed E-state index contributed by atoms with van der Waals surface area (Å²) in [5.41, 5.74) is 7.28. The van der Waals surface area contributed by atoms with E-state index < -0.39 is 0 Å². The van der Waals surface area contributed by atoms with Crippen molar-refractivity contribution in [1.82, 2.24) is 10.1 Å². The Bertz CT molecular complexity index is 580. The van der Waals surface area contributed by atoms with Crippen LogP contribution in [0.3, 0.4) is 0 Å². The van der Waals surface area contributed by atoms with Crippen molar-refractivity contribution in [3.05, 3.63) is 23.6 Å². The minimum Gasteiger partial charge on any atom is -0.486 e. The Morgan fingerprint density at radius 3 is 2.89 bits per heavy atom. The van der Waals surface area contributed by atoms with Crippen molar-refractivity contribution in [2.24, 2.45) is 5.73 Å². The lowest BCUT2D eigenvalue weighted by molar-refractivity contribution is 0.172. The molecular weight excluding hydrogens is 234 g/mol. The molecule has 0 unspecified atom stereocenters. The van der Waals surface area contributed by atoms with E-state index in [0.29, 0.717) is 30.7 Å². The van der Waals surface area contributed by atoms with E-state index >= 15 is 0 Å². The van der Waals surface area contributed by atoms with Gasteiger partial charge in [0.2, 0.25) is 11.7 Å². The van der Waals surface area contributed by atoms with Crippen LogP contribution in [0.2, 0.25) is 0 Å². The summed E-state index contributed by atoms with van der Waals surface area (Å²) in [7, 11) is 0.